The third-order valence-electron chi connectivity index (χ3n) is 10.2. The predicted octanol–water partition coefficient (Wildman–Crippen LogP) is 4.52. The molecule has 0 aliphatic carbocycles. The molecule has 0 aromatic heterocycles. The van der Waals surface area contributed by atoms with E-state index in [1.165, 1.54) is 0 Å². The Kier molecular flexibility index (Phi) is 11.6. The van der Waals surface area contributed by atoms with Gasteiger partial charge >= 0.3 is 5.97 Å². The minimum Gasteiger partial charge on any atom is -0.455 e. The zero-order chi connectivity index (χ0) is 33.7. The molecule has 11 heteroatoms. The van der Waals surface area contributed by atoms with Crippen LogP contribution in [0.2, 0.25) is 0 Å². The molecule has 10 nitrogen and oxygen atoms in total. The molecule has 0 saturated carbocycles. The molecule has 47 heavy (non-hydrogen) atoms. The minimum absolute atomic E-state index is 0.0842. The topological polar surface area (TPSA) is 117 Å². The monoisotopic (exact) mass is 713 g/mol. The molecule has 5 rings (SSSR count). The second kappa shape index (κ2) is 15.5. The van der Waals surface area contributed by atoms with Gasteiger partial charge in [0.2, 0.25) is 17.7 Å². The Balaban J connectivity index is 1.57. The second-order valence-corrected chi connectivity index (χ2v) is 14.1. The highest BCUT2D eigenvalue weighted by atomic mass is 79.9. The summed E-state index contributed by atoms with van der Waals surface area (Å²) in [4.78, 5) is 61.8. The highest BCUT2D eigenvalue weighted by Gasteiger charge is 2.74. The molecule has 2 fully saturated rings. The van der Waals surface area contributed by atoms with Crippen molar-refractivity contribution in [2.75, 3.05) is 33.3 Å². The molecular weight excluding hydrogens is 666 g/mol. The largest absolute Gasteiger partial charge is 0.455 e. The first-order valence-electron chi connectivity index (χ1n) is 17.1. The van der Waals surface area contributed by atoms with E-state index in [-0.39, 0.29) is 30.7 Å². The number of esters is 1. The van der Waals surface area contributed by atoms with Gasteiger partial charge in [-0.2, -0.15) is 0 Å². The summed E-state index contributed by atoms with van der Waals surface area (Å²) in [6, 6.07) is 7.90. The van der Waals surface area contributed by atoms with Gasteiger partial charge in [-0.15, -0.1) is 0 Å². The van der Waals surface area contributed by atoms with E-state index in [0.29, 0.717) is 43.4 Å². The average molecular weight is 715 g/mol. The smallest absolute Gasteiger partial charge is 0.313 e. The van der Waals surface area contributed by atoms with Crippen LogP contribution in [0.15, 0.2) is 53.0 Å². The van der Waals surface area contributed by atoms with Crippen LogP contribution in [0, 0.1) is 11.8 Å². The number of carbonyl (C=O) groups excluding carboxylic acids is 4. The number of halogens is 1. The van der Waals surface area contributed by atoms with Gasteiger partial charge in [0, 0.05) is 44.2 Å². The van der Waals surface area contributed by atoms with Crippen LogP contribution in [0.3, 0.4) is 0 Å². The molecule has 1 spiro atoms. The predicted molar refractivity (Wildman–Crippen MR) is 180 cm³/mol. The fourth-order valence-electron chi connectivity index (χ4n) is 7.49. The fraction of sp³-hybridized carbons (Fsp3) is 0.611. The summed E-state index contributed by atoms with van der Waals surface area (Å²) in [6.45, 7) is 5.22. The van der Waals surface area contributed by atoms with Gasteiger partial charge in [-0.05, 0) is 44.2 Å². The first-order chi connectivity index (χ1) is 22.7. The Morgan fingerprint density at radius 2 is 1.70 bits per heavy atom. The van der Waals surface area contributed by atoms with Gasteiger partial charge in [0.15, 0.2) is 0 Å². The van der Waals surface area contributed by atoms with Crippen molar-refractivity contribution in [1.29, 1.82) is 0 Å². The molecule has 1 N–H and O–H groups in total. The van der Waals surface area contributed by atoms with Gasteiger partial charge in [-0.25, -0.2) is 0 Å². The fourth-order valence-corrected chi connectivity index (χ4v) is 8.23. The Labute approximate surface area is 286 Å². The number of aliphatic hydroxyl groups excluding tert-OH is 1. The summed E-state index contributed by atoms with van der Waals surface area (Å²) >= 11 is 3.63. The van der Waals surface area contributed by atoms with Crippen molar-refractivity contribution in [2.24, 2.45) is 11.8 Å². The van der Waals surface area contributed by atoms with E-state index in [0.717, 1.165) is 31.2 Å². The van der Waals surface area contributed by atoms with E-state index in [2.05, 4.69) is 22.9 Å². The summed E-state index contributed by atoms with van der Waals surface area (Å²) in [5.74, 6) is -3.08. The van der Waals surface area contributed by atoms with E-state index in [1.807, 2.05) is 55.5 Å². The molecule has 4 aliphatic heterocycles. The Bertz CT molecular complexity index is 1370. The number of allylic oxidation sites excluding steroid dienone is 1. The molecule has 5 bridgehead atoms. The summed E-state index contributed by atoms with van der Waals surface area (Å²) in [7, 11) is 1.72. The van der Waals surface area contributed by atoms with Crippen molar-refractivity contribution in [3.8, 4) is 0 Å². The molecule has 256 valence electrons. The zero-order valence-corrected chi connectivity index (χ0v) is 29.3. The number of likely N-dealkylation sites (tertiary alicyclic amines) is 1. The summed E-state index contributed by atoms with van der Waals surface area (Å²) in [5, 5.41) is 9.25. The number of hydrogen-bond donors (Lipinski definition) is 1. The molecular formula is C36H48BrN3O7. The van der Waals surface area contributed by atoms with Crippen LogP contribution < -0.4 is 0 Å². The first kappa shape index (κ1) is 35.3. The number of cyclic esters (lactones) is 1. The van der Waals surface area contributed by atoms with E-state index >= 15 is 0 Å². The number of nitrogens with zero attached hydrogens (tertiary/aromatic N) is 3. The first-order valence-corrected chi connectivity index (χ1v) is 17.9. The zero-order valence-electron chi connectivity index (χ0n) is 27.7. The maximum atomic E-state index is 14.6. The molecule has 1 aromatic carbocycles. The minimum atomic E-state index is -1.32. The maximum absolute atomic E-state index is 14.6. The number of amides is 3. The van der Waals surface area contributed by atoms with Crippen LogP contribution in [0.5, 0.6) is 0 Å². The highest BCUT2D eigenvalue weighted by molar-refractivity contribution is 9.11. The quantitative estimate of drug-likeness (QED) is 0.215. The van der Waals surface area contributed by atoms with Gasteiger partial charge in [0.25, 0.3) is 0 Å². The number of fused-ring (bicyclic) bond motifs is 2. The third-order valence-corrected chi connectivity index (χ3v) is 10.8. The summed E-state index contributed by atoms with van der Waals surface area (Å²) in [6.07, 6.45) is 9.52. The maximum Gasteiger partial charge on any atom is 0.313 e. The summed E-state index contributed by atoms with van der Waals surface area (Å²) < 4.78 is 13.6. The van der Waals surface area contributed by atoms with E-state index < -0.39 is 47.7 Å². The second-order valence-electron chi connectivity index (χ2n) is 13.2. The number of likely N-dealkylation sites (N-methyl/N-ethyl adjacent to an activating group) is 1. The van der Waals surface area contributed by atoms with Gasteiger partial charge in [0.1, 0.15) is 29.8 Å². The van der Waals surface area contributed by atoms with Crippen LogP contribution in [0.4, 0.5) is 0 Å². The van der Waals surface area contributed by atoms with Crippen molar-refractivity contribution >= 4 is 39.6 Å². The summed E-state index contributed by atoms with van der Waals surface area (Å²) in [5.41, 5.74) is -0.587. The number of ether oxygens (including phenoxy) is 2. The standard InChI is InChI=1S/C36H48BrN3O7/c1-4-5-19-39-20-13-9-12-18-27(42)38(3)24(2)30(25-16-10-8-11-17-25)46-35(45)28-29-33(43)40(21-14-6-7-15-22-41)32(34(39)44)36(29)23-26(37)31(28)47-36/h8-11,13,16-17,23-24,28-32,41H,4-7,12,14-15,18-22H2,1-3H3/b13-9-/t24-,28+,29-,30+,31+,32+,36-/m0/s1. The number of aliphatic hydroxyl groups is 1. The van der Waals surface area contributed by atoms with Gasteiger partial charge < -0.3 is 29.3 Å². The number of carbonyl (C=O) groups is 4. The Morgan fingerprint density at radius 3 is 2.43 bits per heavy atom. The van der Waals surface area contributed by atoms with Crippen molar-refractivity contribution in [3.63, 3.8) is 0 Å². The van der Waals surface area contributed by atoms with Gasteiger partial charge in [-0.3, -0.25) is 19.2 Å². The van der Waals surface area contributed by atoms with Crippen LogP contribution in [0.25, 0.3) is 0 Å². The SMILES string of the molecule is CCCCN1C/C=C\CCC(=O)N(C)[C@@H](C)[C@H](c2ccccc2)OC(=O)[C@H]2[C@@H]3O[C@@]4(C=C3Br)[C@@H]2C(=O)N(CCCCCCO)[C@@H]4C1=O. The van der Waals surface area contributed by atoms with Crippen LogP contribution in [0.1, 0.15) is 76.9 Å². The van der Waals surface area contributed by atoms with E-state index in [9.17, 15) is 24.3 Å². The average Bonchev–Trinajstić information content (AvgIpc) is 3.66. The number of unbranched alkanes of at least 4 members (excludes halogenated alkanes) is 4. The molecule has 4 aliphatic rings. The lowest BCUT2D eigenvalue weighted by atomic mass is 9.74. The number of rotatable bonds is 10. The normalized spacial score (nSPS) is 32.1. The molecule has 0 radical (unpaired) electrons. The van der Waals surface area contributed by atoms with Gasteiger partial charge in [0.05, 0.1) is 12.0 Å². The highest BCUT2D eigenvalue weighted by Crippen LogP contribution is 2.59. The van der Waals surface area contributed by atoms with Crippen LogP contribution in [-0.2, 0) is 28.7 Å². The molecule has 1 aromatic rings. The van der Waals surface area contributed by atoms with E-state index in [1.54, 1.807) is 21.7 Å². The molecule has 3 amide bonds. The van der Waals surface area contributed by atoms with Crippen molar-refractivity contribution < 1.29 is 33.8 Å². The lowest BCUT2D eigenvalue weighted by molar-refractivity contribution is -0.164. The Morgan fingerprint density at radius 1 is 0.957 bits per heavy atom. The van der Waals surface area contributed by atoms with Crippen molar-refractivity contribution in [2.45, 2.75) is 95.1 Å². The molecule has 0 unspecified atom stereocenters. The Hall–Kier alpha value is -3.02. The number of benzene rings is 1. The lowest BCUT2D eigenvalue weighted by Gasteiger charge is -2.36. The molecule has 2 saturated heterocycles. The van der Waals surface area contributed by atoms with E-state index in [4.69, 9.17) is 9.47 Å². The molecule has 7 atom stereocenters. The van der Waals surface area contributed by atoms with Crippen LogP contribution in [-0.4, -0.2) is 101 Å². The van der Waals surface area contributed by atoms with Crippen molar-refractivity contribution in [3.05, 3.63) is 58.6 Å². The lowest BCUT2D eigenvalue weighted by Crippen LogP contribution is -2.56. The third kappa shape index (κ3) is 6.94. The van der Waals surface area contributed by atoms with Crippen molar-refractivity contribution in [1.82, 2.24) is 14.7 Å². The number of hydrogen-bond acceptors (Lipinski definition) is 7. The van der Waals surface area contributed by atoms with Gasteiger partial charge in [-0.1, -0.05) is 84.6 Å². The van der Waals surface area contributed by atoms with Crippen LogP contribution >= 0.6 is 15.9 Å². The molecule has 4 heterocycles.